The van der Waals surface area contributed by atoms with Gasteiger partial charge in [-0.2, -0.15) is 0 Å². The van der Waals surface area contributed by atoms with E-state index in [1.165, 1.54) is 6.26 Å². The highest BCUT2D eigenvalue weighted by molar-refractivity contribution is 5.83. The van der Waals surface area contributed by atoms with Crippen molar-refractivity contribution in [2.24, 2.45) is 0 Å². The van der Waals surface area contributed by atoms with Crippen molar-refractivity contribution in [1.29, 1.82) is 0 Å². The van der Waals surface area contributed by atoms with Gasteiger partial charge in [-0.3, -0.25) is 9.59 Å². The number of aryl methyl sites for hydroxylation is 1. The lowest BCUT2D eigenvalue weighted by Crippen LogP contribution is -2.36. The largest absolute Gasteiger partial charge is 0.497 e. The van der Waals surface area contributed by atoms with Gasteiger partial charge in [-0.15, -0.1) is 0 Å². The number of methoxy groups -OCH3 is 1. The maximum atomic E-state index is 12.9. The fraction of sp³-hybridized carbons (Fsp3) is 0.231. The number of hydrogen-bond acceptors (Lipinski definition) is 6. The molecular weight excluding hydrogens is 422 g/mol. The second-order valence-electron chi connectivity index (χ2n) is 7.74. The summed E-state index contributed by atoms with van der Waals surface area (Å²) in [5.41, 5.74) is 1.45. The lowest BCUT2D eigenvalue weighted by atomic mass is 10.1. The van der Waals surface area contributed by atoms with Crippen molar-refractivity contribution in [2.75, 3.05) is 13.7 Å². The molecule has 0 unspecified atom stereocenters. The minimum absolute atomic E-state index is 0.0165. The molecule has 0 fully saturated rings. The molecule has 1 atom stereocenters. The number of rotatable bonds is 9. The van der Waals surface area contributed by atoms with E-state index >= 15 is 0 Å². The quantitative estimate of drug-likeness (QED) is 0.404. The van der Waals surface area contributed by atoms with Gasteiger partial charge in [0.25, 0.3) is 5.91 Å². The van der Waals surface area contributed by atoms with Crippen molar-refractivity contribution in [3.63, 3.8) is 0 Å². The van der Waals surface area contributed by atoms with Crippen LogP contribution in [-0.2, 0) is 11.2 Å². The maximum Gasteiger partial charge on any atom is 0.258 e. The third-order valence-corrected chi connectivity index (χ3v) is 5.33. The van der Waals surface area contributed by atoms with Crippen LogP contribution < -0.4 is 20.2 Å². The van der Waals surface area contributed by atoms with Crippen molar-refractivity contribution in [3.8, 4) is 22.6 Å². The molecule has 0 saturated heterocycles. The van der Waals surface area contributed by atoms with Gasteiger partial charge in [-0.25, -0.2) is 0 Å². The maximum absolute atomic E-state index is 12.9. The van der Waals surface area contributed by atoms with E-state index in [1.54, 1.807) is 43.7 Å². The summed E-state index contributed by atoms with van der Waals surface area (Å²) < 4.78 is 21.8. The Morgan fingerprint density at radius 3 is 2.58 bits per heavy atom. The topological polar surface area (TPSA) is 90.9 Å². The Bertz CT molecular complexity index is 1270. The zero-order valence-electron chi connectivity index (χ0n) is 18.5. The second-order valence-corrected chi connectivity index (χ2v) is 7.74. The summed E-state index contributed by atoms with van der Waals surface area (Å²) in [5, 5.41) is 3.34. The van der Waals surface area contributed by atoms with Crippen LogP contribution >= 0.6 is 0 Å². The minimum atomic E-state index is -0.224. The Morgan fingerprint density at radius 1 is 1.06 bits per heavy atom. The van der Waals surface area contributed by atoms with Crippen LogP contribution in [0.5, 0.6) is 11.5 Å². The van der Waals surface area contributed by atoms with E-state index < -0.39 is 0 Å². The van der Waals surface area contributed by atoms with Gasteiger partial charge in [0, 0.05) is 18.5 Å². The predicted molar refractivity (Wildman–Crippen MR) is 125 cm³/mol. The average Bonchev–Trinajstić information content (AvgIpc) is 3.36. The van der Waals surface area contributed by atoms with Crippen molar-refractivity contribution in [3.05, 3.63) is 83.1 Å². The van der Waals surface area contributed by atoms with Crippen molar-refractivity contribution < 1.29 is 23.1 Å². The first-order chi connectivity index (χ1) is 16.0. The summed E-state index contributed by atoms with van der Waals surface area (Å²) >= 11 is 0. The number of carbonyl (C=O) groups is 1. The van der Waals surface area contributed by atoms with Gasteiger partial charge < -0.3 is 23.6 Å². The van der Waals surface area contributed by atoms with E-state index in [-0.39, 0.29) is 24.0 Å². The summed E-state index contributed by atoms with van der Waals surface area (Å²) in [6.07, 6.45) is 4.58. The van der Waals surface area contributed by atoms with Gasteiger partial charge in [0.15, 0.2) is 12.0 Å². The highest BCUT2D eigenvalue weighted by atomic mass is 16.5. The first-order valence-electron chi connectivity index (χ1n) is 10.7. The molecule has 2 heterocycles. The predicted octanol–water partition coefficient (Wildman–Crippen LogP) is 4.58. The van der Waals surface area contributed by atoms with Gasteiger partial charge in [-0.1, -0.05) is 12.1 Å². The van der Waals surface area contributed by atoms with Crippen LogP contribution in [0, 0.1) is 0 Å². The Balaban J connectivity index is 1.37. The fourth-order valence-electron chi connectivity index (χ4n) is 3.52. The summed E-state index contributed by atoms with van der Waals surface area (Å²) in [6, 6.07) is 15.9. The molecule has 2 aromatic heterocycles. The summed E-state index contributed by atoms with van der Waals surface area (Å²) in [4.78, 5) is 25.1. The molecule has 33 heavy (non-hydrogen) atoms. The molecule has 0 bridgehead atoms. The minimum Gasteiger partial charge on any atom is -0.497 e. The fourth-order valence-corrected chi connectivity index (χ4v) is 3.52. The summed E-state index contributed by atoms with van der Waals surface area (Å²) in [5.74, 6) is 1.82. The molecule has 0 spiro atoms. The SMILES string of the molecule is COc1ccc(-c2coc3cc(OCC(=O)N[C@@H](C)CCc4ccco4)ccc3c2=O)cc1. The van der Waals surface area contributed by atoms with Gasteiger partial charge in [0.05, 0.1) is 24.3 Å². The summed E-state index contributed by atoms with van der Waals surface area (Å²) in [6.45, 7) is 1.80. The normalized spacial score (nSPS) is 11.8. The zero-order valence-corrected chi connectivity index (χ0v) is 18.5. The van der Waals surface area contributed by atoms with E-state index in [9.17, 15) is 9.59 Å². The molecule has 1 amide bonds. The van der Waals surface area contributed by atoms with Gasteiger partial charge in [0.1, 0.15) is 29.1 Å². The molecule has 7 nitrogen and oxygen atoms in total. The van der Waals surface area contributed by atoms with Gasteiger partial charge in [-0.05, 0) is 55.3 Å². The Kier molecular flexibility index (Phi) is 6.78. The standard InChI is InChI=1S/C26H25NO6/c1-17(5-8-20-4-3-13-31-20)27-25(28)16-32-21-11-12-22-24(14-21)33-15-23(26(22)29)18-6-9-19(30-2)10-7-18/h3-4,6-7,9-15,17H,5,8,16H2,1-2H3,(H,27,28)/t17-/m0/s1. The molecule has 4 rings (SSSR count). The number of furan rings is 1. The van der Waals surface area contributed by atoms with Crippen LogP contribution in [0.15, 0.2) is 80.8 Å². The van der Waals surface area contributed by atoms with Crippen molar-refractivity contribution in [2.45, 2.75) is 25.8 Å². The first-order valence-corrected chi connectivity index (χ1v) is 10.7. The Hall–Kier alpha value is -4.00. The first kappa shape index (κ1) is 22.2. The zero-order chi connectivity index (χ0) is 23.2. The molecule has 170 valence electrons. The number of nitrogens with one attached hydrogen (secondary N) is 1. The molecule has 0 aliphatic rings. The molecule has 0 aliphatic carbocycles. The van der Waals surface area contributed by atoms with E-state index in [2.05, 4.69) is 5.32 Å². The van der Waals surface area contributed by atoms with E-state index in [1.807, 2.05) is 31.2 Å². The number of amides is 1. The number of hydrogen-bond donors (Lipinski definition) is 1. The smallest absolute Gasteiger partial charge is 0.258 e. The Labute approximate surface area is 190 Å². The van der Waals surface area contributed by atoms with Crippen LogP contribution in [0.4, 0.5) is 0 Å². The van der Waals surface area contributed by atoms with Crippen LogP contribution in [0.25, 0.3) is 22.1 Å². The number of ether oxygens (including phenoxy) is 2. The van der Waals surface area contributed by atoms with E-state index in [0.29, 0.717) is 28.0 Å². The molecule has 4 aromatic rings. The third-order valence-electron chi connectivity index (χ3n) is 5.33. The molecule has 7 heteroatoms. The highest BCUT2D eigenvalue weighted by Gasteiger charge is 2.12. The molecule has 0 radical (unpaired) electrons. The molecular formula is C26H25NO6. The van der Waals surface area contributed by atoms with Gasteiger partial charge in [0.2, 0.25) is 0 Å². The second kappa shape index (κ2) is 10.1. The molecule has 1 N–H and O–H groups in total. The lowest BCUT2D eigenvalue weighted by Gasteiger charge is -2.14. The van der Waals surface area contributed by atoms with Crippen molar-refractivity contribution in [1.82, 2.24) is 5.32 Å². The molecule has 0 aliphatic heterocycles. The van der Waals surface area contributed by atoms with E-state index in [4.69, 9.17) is 18.3 Å². The monoisotopic (exact) mass is 447 g/mol. The number of benzene rings is 2. The average molecular weight is 447 g/mol. The third kappa shape index (κ3) is 5.44. The van der Waals surface area contributed by atoms with Crippen LogP contribution in [-0.4, -0.2) is 25.7 Å². The number of carbonyl (C=O) groups excluding carboxylic acids is 1. The number of fused-ring (bicyclic) bond motifs is 1. The van der Waals surface area contributed by atoms with Crippen LogP contribution in [0.1, 0.15) is 19.1 Å². The van der Waals surface area contributed by atoms with Gasteiger partial charge >= 0.3 is 0 Å². The lowest BCUT2D eigenvalue weighted by molar-refractivity contribution is -0.123. The highest BCUT2D eigenvalue weighted by Crippen LogP contribution is 2.24. The Morgan fingerprint density at radius 2 is 1.85 bits per heavy atom. The molecule has 0 saturated carbocycles. The van der Waals surface area contributed by atoms with Crippen LogP contribution in [0.2, 0.25) is 0 Å². The van der Waals surface area contributed by atoms with E-state index in [0.717, 1.165) is 24.2 Å². The van der Waals surface area contributed by atoms with Crippen LogP contribution in [0.3, 0.4) is 0 Å². The molecule has 2 aromatic carbocycles. The summed E-state index contributed by atoms with van der Waals surface area (Å²) in [7, 11) is 1.59. The van der Waals surface area contributed by atoms with Crippen molar-refractivity contribution >= 4 is 16.9 Å².